The van der Waals surface area contributed by atoms with E-state index in [9.17, 15) is 9.90 Å². The van der Waals surface area contributed by atoms with Crippen LogP contribution in [0.15, 0.2) is 48.7 Å². The fraction of sp³-hybridized carbons (Fsp3) is 0.143. The number of hydrogen-bond donors (Lipinski definition) is 4. The molecule has 6 heteroatoms. The number of carbonyl (C=O) groups excluding carboxylic acids is 1. The Morgan fingerprint density at radius 3 is 2.89 bits per heavy atom. The third-order valence-electron chi connectivity index (χ3n) is 5.22. The summed E-state index contributed by atoms with van der Waals surface area (Å²) in [6.45, 7) is -0.122. The Bertz CT molecular complexity index is 1170. The molecule has 2 heterocycles. The minimum atomic E-state index is -0.182. The first-order valence-electron chi connectivity index (χ1n) is 8.92. The Kier molecular flexibility index (Phi) is 3.58. The molecule has 1 amide bonds. The SMILES string of the molecule is O=C(Nc1ccccc1CO)c1cccc2[nH]c3c(c12)CCc1cn[nH]c1-3. The molecule has 0 bridgehead atoms. The molecule has 0 fully saturated rings. The maximum absolute atomic E-state index is 13.0. The number of aliphatic hydroxyl groups excluding tert-OH is 1. The van der Waals surface area contributed by atoms with Crippen LogP contribution < -0.4 is 5.32 Å². The van der Waals surface area contributed by atoms with Crippen LogP contribution >= 0.6 is 0 Å². The molecule has 0 unspecified atom stereocenters. The number of H-pyrrole nitrogens is 2. The summed E-state index contributed by atoms with van der Waals surface area (Å²) >= 11 is 0. The molecule has 1 aliphatic rings. The number of amides is 1. The molecule has 0 spiro atoms. The van der Waals surface area contributed by atoms with Crippen LogP contribution in [0, 0.1) is 0 Å². The smallest absolute Gasteiger partial charge is 0.256 e. The lowest BCUT2D eigenvalue weighted by atomic mass is 9.92. The van der Waals surface area contributed by atoms with Crippen molar-refractivity contribution in [3.8, 4) is 11.4 Å². The van der Waals surface area contributed by atoms with Crippen LogP contribution in [0.25, 0.3) is 22.3 Å². The number of anilines is 1. The van der Waals surface area contributed by atoms with E-state index in [0.717, 1.165) is 40.7 Å². The van der Waals surface area contributed by atoms with Gasteiger partial charge in [0.2, 0.25) is 0 Å². The maximum atomic E-state index is 13.0. The highest BCUT2D eigenvalue weighted by Crippen LogP contribution is 2.37. The van der Waals surface area contributed by atoms with Gasteiger partial charge >= 0.3 is 0 Å². The molecule has 0 radical (unpaired) electrons. The quantitative estimate of drug-likeness (QED) is 0.452. The summed E-state index contributed by atoms with van der Waals surface area (Å²) in [6.07, 6.45) is 3.62. The van der Waals surface area contributed by atoms with Crippen molar-refractivity contribution in [3.63, 3.8) is 0 Å². The molecule has 0 saturated carbocycles. The van der Waals surface area contributed by atoms with Crippen LogP contribution in [-0.4, -0.2) is 26.2 Å². The van der Waals surface area contributed by atoms with Gasteiger partial charge in [0, 0.05) is 27.7 Å². The van der Waals surface area contributed by atoms with Gasteiger partial charge in [-0.2, -0.15) is 5.10 Å². The summed E-state index contributed by atoms with van der Waals surface area (Å²) in [5, 5.41) is 20.6. The van der Waals surface area contributed by atoms with Gasteiger partial charge in [-0.1, -0.05) is 24.3 Å². The summed E-state index contributed by atoms with van der Waals surface area (Å²) < 4.78 is 0. The Morgan fingerprint density at radius 1 is 1.11 bits per heavy atom. The lowest BCUT2D eigenvalue weighted by Gasteiger charge is -2.13. The number of aromatic amines is 2. The number of hydrogen-bond acceptors (Lipinski definition) is 3. The summed E-state index contributed by atoms with van der Waals surface area (Å²) in [7, 11) is 0. The van der Waals surface area contributed by atoms with Crippen molar-refractivity contribution in [2.75, 3.05) is 5.32 Å². The van der Waals surface area contributed by atoms with Gasteiger partial charge in [-0.25, -0.2) is 0 Å². The van der Waals surface area contributed by atoms with E-state index in [4.69, 9.17) is 0 Å². The summed E-state index contributed by atoms with van der Waals surface area (Å²) in [5.74, 6) is -0.182. The number of benzene rings is 2. The van der Waals surface area contributed by atoms with Crippen molar-refractivity contribution in [3.05, 3.63) is 70.9 Å². The lowest BCUT2D eigenvalue weighted by Crippen LogP contribution is -2.14. The molecule has 4 aromatic rings. The minimum absolute atomic E-state index is 0.122. The fourth-order valence-corrected chi connectivity index (χ4v) is 3.92. The normalized spacial score (nSPS) is 12.6. The molecule has 0 aliphatic heterocycles. The average Bonchev–Trinajstić information content (AvgIpc) is 3.32. The van der Waals surface area contributed by atoms with Gasteiger partial charge in [-0.15, -0.1) is 0 Å². The van der Waals surface area contributed by atoms with E-state index in [0.29, 0.717) is 16.8 Å². The highest BCUT2D eigenvalue weighted by molar-refractivity contribution is 6.14. The third-order valence-corrected chi connectivity index (χ3v) is 5.22. The lowest BCUT2D eigenvalue weighted by molar-refractivity contribution is 0.102. The Labute approximate surface area is 155 Å². The van der Waals surface area contributed by atoms with Gasteiger partial charge in [-0.3, -0.25) is 9.89 Å². The number of para-hydroxylation sites is 1. The number of fused-ring (bicyclic) bond motifs is 5. The minimum Gasteiger partial charge on any atom is -0.392 e. The number of aliphatic hydroxyl groups is 1. The van der Waals surface area contributed by atoms with Crippen molar-refractivity contribution >= 4 is 22.5 Å². The zero-order chi connectivity index (χ0) is 18.4. The number of carbonyl (C=O) groups is 1. The zero-order valence-electron chi connectivity index (χ0n) is 14.5. The van der Waals surface area contributed by atoms with Crippen molar-refractivity contribution in [1.82, 2.24) is 15.2 Å². The van der Waals surface area contributed by atoms with E-state index < -0.39 is 0 Å². The molecule has 5 rings (SSSR count). The second-order valence-electron chi connectivity index (χ2n) is 6.75. The van der Waals surface area contributed by atoms with Crippen LogP contribution in [0.5, 0.6) is 0 Å². The first-order chi connectivity index (χ1) is 13.3. The standard InChI is InChI=1S/C21H18N4O2/c26-11-13-4-1-2-6-16(13)24-21(27)15-5-3-7-17-18(15)14-9-8-12-10-22-25-19(12)20(14)23-17/h1-7,10,23,26H,8-9,11H2,(H,22,25)(H,24,27). The average molecular weight is 358 g/mol. The van der Waals surface area contributed by atoms with Gasteiger partial charge in [0.1, 0.15) is 0 Å². The molecule has 134 valence electrons. The van der Waals surface area contributed by atoms with E-state index in [1.54, 1.807) is 12.1 Å². The highest BCUT2D eigenvalue weighted by atomic mass is 16.3. The van der Waals surface area contributed by atoms with Crippen molar-refractivity contribution < 1.29 is 9.90 Å². The topological polar surface area (TPSA) is 93.8 Å². The van der Waals surface area contributed by atoms with Crippen LogP contribution in [0.2, 0.25) is 0 Å². The summed E-state index contributed by atoms with van der Waals surface area (Å²) in [6, 6.07) is 13.0. The third kappa shape index (κ3) is 2.45. The first-order valence-corrected chi connectivity index (χ1v) is 8.92. The predicted octanol–water partition coefficient (Wildman–Crippen LogP) is 3.40. The molecule has 0 atom stereocenters. The second kappa shape index (κ2) is 6.10. The van der Waals surface area contributed by atoms with Gasteiger partial charge in [-0.05, 0) is 42.2 Å². The molecular weight excluding hydrogens is 340 g/mol. The Balaban J connectivity index is 1.61. The van der Waals surface area contributed by atoms with Gasteiger partial charge in [0.05, 0.1) is 24.2 Å². The molecule has 0 saturated heterocycles. The Morgan fingerprint density at radius 2 is 2.00 bits per heavy atom. The molecule has 2 aromatic carbocycles. The van der Waals surface area contributed by atoms with Crippen LogP contribution in [-0.2, 0) is 19.4 Å². The van der Waals surface area contributed by atoms with Crippen molar-refractivity contribution in [1.29, 1.82) is 0 Å². The number of nitrogens with one attached hydrogen (secondary N) is 3. The van der Waals surface area contributed by atoms with E-state index >= 15 is 0 Å². The van der Waals surface area contributed by atoms with Crippen LogP contribution in [0.3, 0.4) is 0 Å². The van der Waals surface area contributed by atoms with Gasteiger partial charge in [0.25, 0.3) is 5.91 Å². The molecule has 27 heavy (non-hydrogen) atoms. The Hall–Kier alpha value is -3.38. The van der Waals surface area contributed by atoms with E-state index in [1.807, 2.05) is 36.5 Å². The molecular formula is C21H18N4O2. The van der Waals surface area contributed by atoms with Crippen LogP contribution in [0.1, 0.15) is 27.0 Å². The fourth-order valence-electron chi connectivity index (χ4n) is 3.92. The molecule has 2 aromatic heterocycles. The highest BCUT2D eigenvalue weighted by Gasteiger charge is 2.25. The predicted molar refractivity (Wildman–Crippen MR) is 104 cm³/mol. The number of aromatic nitrogens is 3. The van der Waals surface area contributed by atoms with Crippen molar-refractivity contribution in [2.45, 2.75) is 19.4 Å². The summed E-state index contributed by atoms with van der Waals surface area (Å²) in [4.78, 5) is 16.5. The van der Waals surface area contributed by atoms with Gasteiger partial charge in [0.15, 0.2) is 0 Å². The maximum Gasteiger partial charge on any atom is 0.256 e. The van der Waals surface area contributed by atoms with Crippen molar-refractivity contribution in [2.24, 2.45) is 0 Å². The number of aryl methyl sites for hydroxylation is 2. The van der Waals surface area contributed by atoms with Crippen LogP contribution in [0.4, 0.5) is 5.69 Å². The zero-order valence-corrected chi connectivity index (χ0v) is 14.5. The van der Waals surface area contributed by atoms with E-state index in [2.05, 4.69) is 20.5 Å². The molecule has 6 nitrogen and oxygen atoms in total. The largest absolute Gasteiger partial charge is 0.392 e. The number of nitrogens with zero attached hydrogens (tertiary/aromatic N) is 1. The molecule has 4 N–H and O–H groups in total. The number of rotatable bonds is 3. The summed E-state index contributed by atoms with van der Waals surface area (Å²) in [5.41, 5.74) is 7.23. The monoisotopic (exact) mass is 358 g/mol. The molecule has 1 aliphatic carbocycles. The van der Waals surface area contributed by atoms with E-state index in [-0.39, 0.29) is 12.5 Å². The first kappa shape index (κ1) is 15.8. The van der Waals surface area contributed by atoms with Gasteiger partial charge < -0.3 is 15.4 Å². The van der Waals surface area contributed by atoms with E-state index in [1.165, 1.54) is 5.56 Å². The second-order valence-corrected chi connectivity index (χ2v) is 6.75.